The monoisotopic (exact) mass is 435 g/mol. The van der Waals surface area contributed by atoms with Crippen molar-refractivity contribution in [3.8, 4) is 0 Å². The molecule has 6 nitrogen and oxygen atoms in total. The van der Waals surface area contributed by atoms with Gasteiger partial charge in [-0.1, -0.05) is 18.9 Å². The van der Waals surface area contributed by atoms with Gasteiger partial charge in [0.2, 0.25) is 15.8 Å². The summed E-state index contributed by atoms with van der Waals surface area (Å²) in [6.07, 6.45) is 3.72. The number of ether oxygens (including phenoxy) is 1. The van der Waals surface area contributed by atoms with E-state index in [0.717, 1.165) is 35.4 Å². The van der Waals surface area contributed by atoms with Crippen LogP contribution in [-0.2, 0) is 14.8 Å². The van der Waals surface area contributed by atoms with Crippen molar-refractivity contribution in [3.63, 3.8) is 0 Å². The van der Waals surface area contributed by atoms with E-state index in [1.54, 1.807) is 6.07 Å². The van der Waals surface area contributed by atoms with Gasteiger partial charge < -0.3 is 4.74 Å². The van der Waals surface area contributed by atoms with Crippen molar-refractivity contribution >= 4 is 33.1 Å². The SMILES string of the molecule is Cc1cc(C(=O)COC(=O)c2cccc(S(=O)(=O)N3CCCCCC3)c2)c(C)s1. The number of carbonyl (C=O) groups excluding carboxylic acids is 2. The minimum absolute atomic E-state index is 0.0736. The van der Waals surface area contributed by atoms with Crippen LogP contribution in [0.2, 0.25) is 0 Å². The van der Waals surface area contributed by atoms with Crippen LogP contribution in [0.5, 0.6) is 0 Å². The van der Waals surface area contributed by atoms with Gasteiger partial charge in [-0.25, -0.2) is 13.2 Å². The molecule has 1 aliphatic heterocycles. The highest BCUT2D eigenvalue weighted by atomic mass is 32.2. The molecule has 0 amide bonds. The molecule has 156 valence electrons. The Hall–Kier alpha value is -2.03. The highest BCUT2D eigenvalue weighted by Crippen LogP contribution is 2.23. The second kappa shape index (κ2) is 9.19. The third-order valence-corrected chi connectivity index (χ3v) is 7.81. The number of hydrogen-bond donors (Lipinski definition) is 0. The molecule has 1 fully saturated rings. The predicted octanol–water partition coefficient (Wildman–Crippen LogP) is 3.97. The van der Waals surface area contributed by atoms with Crippen molar-refractivity contribution in [1.29, 1.82) is 0 Å². The van der Waals surface area contributed by atoms with Crippen molar-refractivity contribution in [3.05, 3.63) is 51.2 Å². The van der Waals surface area contributed by atoms with Gasteiger partial charge >= 0.3 is 5.97 Å². The smallest absolute Gasteiger partial charge is 0.338 e. The average Bonchev–Trinajstić information content (AvgIpc) is 2.90. The van der Waals surface area contributed by atoms with Crippen molar-refractivity contribution in [1.82, 2.24) is 4.31 Å². The Morgan fingerprint density at radius 2 is 1.76 bits per heavy atom. The van der Waals surface area contributed by atoms with Crippen molar-refractivity contribution < 1.29 is 22.7 Å². The highest BCUT2D eigenvalue weighted by Gasteiger charge is 2.26. The summed E-state index contributed by atoms with van der Waals surface area (Å²) in [6, 6.07) is 7.61. The zero-order valence-electron chi connectivity index (χ0n) is 16.6. The summed E-state index contributed by atoms with van der Waals surface area (Å²) in [5.74, 6) is -0.982. The van der Waals surface area contributed by atoms with E-state index in [1.165, 1.54) is 39.9 Å². The number of esters is 1. The van der Waals surface area contributed by atoms with Crippen molar-refractivity contribution in [2.75, 3.05) is 19.7 Å². The Bertz CT molecular complexity index is 1000. The van der Waals surface area contributed by atoms with Gasteiger partial charge in [-0.2, -0.15) is 4.31 Å². The zero-order valence-corrected chi connectivity index (χ0v) is 18.3. The largest absolute Gasteiger partial charge is 0.454 e. The Kier molecular flexibility index (Phi) is 6.87. The van der Waals surface area contributed by atoms with Gasteiger partial charge in [0, 0.05) is 28.4 Å². The van der Waals surface area contributed by atoms with E-state index in [4.69, 9.17) is 4.74 Å². The summed E-state index contributed by atoms with van der Waals surface area (Å²) < 4.78 is 32.5. The van der Waals surface area contributed by atoms with Gasteiger partial charge in [-0.15, -0.1) is 11.3 Å². The lowest BCUT2D eigenvalue weighted by molar-refractivity contribution is 0.0474. The standard InChI is InChI=1S/C21H25NO5S2/c1-15-12-19(16(2)28-15)20(23)14-27-21(24)17-8-7-9-18(13-17)29(25,26)22-10-5-3-4-6-11-22/h7-9,12-13H,3-6,10-11,14H2,1-2H3. The summed E-state index contributed by atoms with van der Waals surface area (Å²) in [7, 11) is -3.66. The van der Waals surface area contributed by atoms with E-state index in [9.17, 15) is 18.0 Å². The van der Waals surface area contributed by atoms with Crippen LogP contribution < -0.4 is 0 Å². The highest BCUT2D eigenvalue weighted by molar-refractivity contribution is 7.89. The van der Waals surface area contributed by atoms with Gasteiger partial charge in [0.25, 0.3) is 0 Å². The fourth-order valence-electron chi connectivity index (χ4n) is 3.41. The fraction of sp³-hybridized carbons (Fsp3) is 0.429. The number of benzene rings is 1. The molecule has 1 aliphatic rings. The number of rotatable bonds is 6. The molecule has 0 saturated carbocycles. The molecule has 0 unspecified atom stereocenters. The quantitative estimate of drug-likeness (QED) is 0.507. The zero-order chi connectivity index (χ0) is 21.0. The van der Waals surface area contributed by atoms with Gasteiger partial charge in [-0.3, -0.25) is 4.79 Å². The first-order valence-electron chi connectivity index (χ1n) is 9.66. The van der Waals surface area contributed by atoms with Crippen molar-refractivity contribution in [2.45, 2.75) is 44.4 Å². The molecule has 1 aromatic carbocycles. The Morgan fingerprint density at radius 1 is 1.07 bits per heavy atom. The number of thiophene rings is 1. The summed E-state index contributed by atoms with van der Waals surface area (Å²) in [6.45, 7) is 4.37. The maximum absolute atomic E-state index is 12.9. The number of aryl methyl sites for hydroxylation is 2. The maximum Gasteiger partial charge on any atom is 0.338 e. The summed E-state index contributed by atoms with van der Waals surface area (Å²) >= 11 is 1.52. The molecule has 0 atom stereocenters. The molecule has 8 heteroatoms. The molecular weight excluding hydrogens is 410 g/mol. The lowest BCUT2D eigenvalue weighted by Gasteiger charge is -2.20. The molecule has 0 bridgehead atoms. The number of Topliss-reactive ketones (excluding diaryl/α,β-unsaturated/α-hetero) is 1. The van der Waals surface area contributed by atoms with Crippen LogP contribution in [0.25, 0.3) is 0 Å². The summed E-state index contributed by atoms with van der Waals surface area (Å²) in [5.41, 5.74) is 0.671. The van der Waals surface area contributed by atoms with E-state index in [-0.39, 0.29) is 22.8 Å². The first-order valence-corrected chi connectivity index (χ1v) is 11.9. The molecule has 1 aromatic heterocycles. The van der Waals surface area contributed by atoms with Gasteiger partial charge in [0.1, 0.15) is 0 Å². The number of nitrogens with zero attached hydrogens (tertiary/aromatic N) is 1. The Morgan fingerprint density at radius 3 is 2.38 bits per heavy atom. The van der Waals surface area contributed by atoms with Crippen LogP contribution in [0.1, 0.15) is 56.2 Å². The minimum Gasteiger partial charge on any atom is -0.454 e. The van der Waals surface area contributed by atoms with Crippen molar-refractivity contribution in [2.24, 2.45) is 0 Å². The molecule has 0 radical (unpaired) electrons. The molecule has 2 aromatic rings. The number of sulfonamides is 1. The summed E-state index contributed by atoms with van der Waals surface area (Å²) in [4.78, 5) is 26.7. The van der Waals surface area contributed by atoms with Gasteiger partial charge in [0.05, 0.1) is 10.5 Å². The topological polar surface area (TPSA) is 80.8 Å². The summed E-state index contributed by atoms with van der Waals surface area (Å²) in [5, 5.41) is 0. The lowest BCUT2D eigenvalue weighted by Crippen LogP contribution is -2.32. The average molecular weight is 436 g/mol. The second-order valence-electron chi connectivity index (χ2n) is 7.17. The Balaban J connectivity index is 1.70. The molecular formula is C21H25NO5S2. The van der Waals surface area contributed by atoms with E-state index in [2.05, 4.69) is 0 Å². The maximum atomic E-state index is 12.9. The number of carbonyl (C=O) groups is 2. The van der Waals surface area contributed by atoms with E-state index in [0.29, 0.717) is 18.7 Å². The Labute approximate surface area is 175 Å². The van der Waals surface area contributed by atoms with Gasteiger partial charge in [-0.05, 0) is 51.0 Å². The van der Waals surface area contributed by atoms with E-state index < -0.39 is 16.0 Å². The van der Waals surface area contributed by atoms with E-state index in [1.807, 2.05) is 13.8 Å². The molecule has 29 heavy (non-hydrogen) atoms. The van der Waals surface area contributed by atoms with Crippen LogP contribution in [0, 0.1) is 13.8 Å². The van der Waals surface area contributed by atoms with E-state index >= 15 is 0 Å². The molecule has 0 aliphatic carbocycles. The fourth-order valence-corrected chi connectivity index (χ4v) is 5.92. The molecule has 0 N–H and O–H groups in total. The molecule has 2 heterocycles. The van der Waals surface area contributed by atoms with Crippen LogP contribution in [-0.4, -0.2) is 44.2 Å². The first-order chi connectivity index (χ1) is 13.8. The molecule has 0 spiro atoms. The van der Waals surface area contributed by atoms with Crippen LogP contribution in [0.15, 0.2) is 35.2 Å². The number of ketones is 1. The normalized spacial score (nSPS) is 15.7. The third kappa shape index (κ3) is 5.12. The van der Waals surface area contributed by atoms with Crippen LogP contribution in [0.4, 0.5) is 0 Å². The molecule has 1 saturated heterocycles. The lowest BCUT2D eigenvalue weighted by atomic mass is 10.2. The minimum atomic E-state index is -3.66. The van der Waals surface area contributed by atoms with Crippen LogP contribution >= 0.6 is 11.3 Å². The first kappa shape index (κ1) is 21.7. The van der Waals surface area contributed by atoms with Gasteiger partial charge in [0.15, 0.2) is 6.61 Å². The predicted molar refractivity (Wildman–Crippen MR) is 112 cm³/mol. The third-order valence-electron chi connectivity index (χ3n) is 4.95. The second-order valence-corrected chi connectivity index (χ2v) is 10.6. The molecule has 3 rings (SSSR count). The van der Waals surface area contributed by atoms with Crippen LogP contribution in [0.3, 0.4) is 0 Å². The number of hydrogen-bond acceptors (Lipinski definition) is 6.